The summed E-state index contributed by atoms with van der Waals surface area (Å²) in [6.45, 7) is 0. The number of hydrogen-bond acceptors (Lipinski definition) is 3. The lowest BCUT2D eigenvalue weighted by molar-refractivity contribution is -0.105. The molecule has 3 nitrogen and oxygen atoms in total. The molecule has 0 radical (unpaired) electrons. The zero-order valence-corrected chi connectivity index (χ0v) is 14.4. The van der Waals surface area contributed by atoms with Gasteiger partial charge in [-0.05, 0) is 39.9 Å². The van der Waals surface area contributed by atoms with Crippen LogP contribution in [0.3, 0.4) is 0 Å². The van der Waals surface area contributed by atoms with Crippen molar-refractivity contribution < 1.29 is 15.0 Å². The van der Waals surface area contributed by atoms with Gasteiger partial charge in [0.25, 0.3) is 0 Å². The molecule has 4 aromatic rings. The first-order chi connectivity index (χ1) is 13.2. The van der Waals surface area contributed by atoms with E-state index in [1.54, 1.807) is 18.2 Å². The van der Waals surface area contributed by atoms with E-state index in [1.165, 1.54) is 0 Å². The van der Waals surface area contributed by atoms with Crippen molar-refractivity contribution in [2.45, 2.75) is 5.92 Å². The maximum absolute atomic E-state index is 12.0. The summed E-state index contributed by atoms with van der Waals surface area (Å²) in [5.74, 6) is -0.170. The Morgan fingerprint density at radius 1 is 0.778 bits per heavy atom. The normalized spacial score (nSPS) is 15.7. The molecule has 5 rings (SSSR count). The van der Waals surface area contributed by atoms with E-state index < -0.39 is 5.92 Å². The summed E-state index contributed by atoms with van der Waals surface area (Å²) in [6.07, 6.45) is 2.56. The van der Waals surface area contributed by atoms with Gasteiger partial charge in [0.15, 0.2) is 0 Å². The van der Waals surface area contributed by atoms with Crippen molar-refractivity contribution in [1.29, 1.82) is 0 Å². The lowest BCUT2D eigenvalue weighted by atomic mass is 9.75. The topological polar surface area (TPSA) is 57.5 Å². The Morgan fingerprint density at radius 3 is 2.33 bits per heavy atom. The van der Waals surface area contributed by atoms with Crippen LogP contribution in [0.25, 0.3) is 27.6 Å². The summed E-state index contributed by atoms with van der Waals surface area (Å²) in [4.78, 5) is 12.0. The Balaban J connectivity index is 1.93. The molecule has 0 bridgehead atoms. The fraction of sp³-hybridized carbons (Fsp3) is 0.0417. The Morgan fingerprint density at radius 2 is 1.52 bits per heavy atom. The number of aldehydes is 1. The van der Waals surface area contributed by atoms with Crippen molar-refractivity contribution >= 4 is 33.9 Å². The Labute approximate surface area is 155 Å². The first kappa shape index (κ1) is 15.6. The number of carbonyl (C=O) groups excluding carboxylic acids is 1. The first-order valence-electron chi connectivity index (χ1n) is 8.81. The number of phenolic OH excluding ortho intramolecular Hbond substituents is 2. The van der Waals surface area contributed by atoms with Crippen molar-refractivity contribution in [2.24, 2.45) is 0 Å². The van der Waals surface area contributed by atoms with Crippen molar-refractivity contribution in [3.05, 3.63) is 89.0 Å². The second-order valence-corrected chi connectivity index (χ2v) is 6.86. The van der Waals surface area contributed by atoms with Gasteiger partial charge in [0.05, 0.1) is 0 Å². The maximum atomic E-state index is 12.0. The Kier molecular flexibility index (Phi) is 3.31. The molecule has 0 aliphatic heterocycles. The van der Waals surface area contributed by atoms with Gasteiger partial charge in [-0.25, -0.2) is 0 Å². The molecule has 0 spiro atoms. The van der Waals surface area contributed by atoms with Gasteiger partial charge in [0.2, 0.25) is 0 Å². The van der Waals surface area contributed by atoms with E-state index in [9.17, 15) is 15.0 Å². The molecule has 130 valence electrons. The molecule has 27 heavy (non-hydrogen) atoms. The smallest absolute Gasteiger partial charge is 0.147 e. The number of hydrogen-bond donors (Lipinski definition) is 2. The molecule has 0 unspecified atom stereocenters. The second kappa shape index (κ2) is 5.71. The Hall–Kier alpha value is -3.59. The molecule has 0 saturated heterocycles. The lowest BCUT2D eigenvalue weighted by Crippen LogP contribution is -2.11. The van der Waals surface area contributed by atoms with Gasteiger partial charge in [-0.15, -0.1) is 0 Å². The average Bonchev–Trinajstić information content (AvgIpc) is 2.71. The van der Waals surface area contributed by atoms with E-state index in [4.69, 9.17) is 0 Å². The number of aromatic hydroxyl groups is 2. The minimum absolute atomic E-state index is 0.102. The van der Waals surface area contributed by atoms with Crippen LogP contribution in [0.5, 0.6) is 11.5 Å². The molecule has 1 aliphatic carbocycles. The summed E-state index contributed by atoms with van der Waals surface area (Å²) in [6, 6.07) is 21.0. The van der Waals surface area contributed by atoms with Crippen molar-refractivity contribution in [3.8, 4) is 11.5 Å². The molecular weight excluding hydrogens is 336 g/mol. The molecule has 3 heteroatoms. The molecule has 1 atom stereocenters. The van der Waals surface area contributed by atoms with Crippen LogP contribution >= 0.6 is 0 Å². The highest BCUT2D eigenvalue weighted by Gasteiger charge is 2.30. The molecule has 4 aromatic carbocycles. The number of benzene rings is 4. The minimum atomic E-state index is -0.397. The maximum Gasteiger partial charge on any atom is 0.147 e. The number of phenols is 2. The lowest BCUT2D eigenvalue weighted by Gasteiger charge is -2.27. The summed E-state index contributed by atoms with van der Waals surface area (Å²) in [5.41, 5.74) is 2.72. The molecule has 1 aliphatic rings. The van der Waals surface area contributed by atoms with Crippen molar-refractivity contribution in [1.82, 2.24) is 0 Å². The van der Waals surface area contributed by atoms with Crippen LogP contribution in [-0.4, -0.2) is 16.5 Å². The molecule has 0 fully saturated rings. The van der Waals surface area contributed by atoms with E-state index >= 15 is 0 Å². The monoisotopic (exact) mass is 352 g/mol. The van der Waals surface area contributed by atoms with E-state index in [-0.39, 0.29) is 11.5 Å². The third-order valence-corrected chi connectivity index (χ3v) is 5.42. The molecule has 2 N–H and O–H groups in total. The third kappa shape index (κ3) is 2.18. The van der Waals surface area contributed by atoms with Gasteiger partial charge in [0.1, 0.15) is 17.8 Å². The van der Waals surface area contributed by atoms with E-state index in [1.807, 2.05) is 54.6 Å². The average molecular weight is 352 g/mol. The van der Waals surface area contributed by atoms with Crippen LogP contribution in [0.15, 0.2) is 72.3 Å². The fourth-order valence-electron chi connectivity index (χ4n) is 4.25. The minimum Gasteiger partial charge on any atom is -0.508 e. The summed E-state index contributed by atoms with van der Waals surface area (Å²) in [7, 11) is 0. The number of fused-ring (bicyclic) bond motifs is 1. The highest BCUT2D eigenvalue weighted by atomic mass is 16.3. The molecule has 0 saturated carbocycles. The van der Waals surface area contributed by atoms with Crippen molar-refractivity contribution in [2.75, 3.05) is 0 Å². The van der Waals surface area contributed by atoms with E-state index in [0.29, 0.717) is 16.7 Å². The quantitative estimate of drug-likeness (QED) is 0.492. The predicted octanol–water partition coefficient (Wildman–Crippen LogP) is 5.13. The molecule has 0 aromatic heterocycles. The largest absolute Gasteiger partial charge is 0.508 e. The van der Waals surface area contributed by atoms with Gasteiger partial charge in [-0.2, -0.15) is 0 Å². The van der Waals surface area contributed by atoms with Gasteiger partial charge in [0, 0.05) is 28.0 Å². The van der Waals surface area contributed by atoms with Crippen LogP contribution in [0.4, 0.5) is 0 Å². The van der Waals surface area contributed by atoms with Gasteiger partial charge < -0.3 is 10.2 Å². The van der Waals surface area contributed by atoms with E-state index in [0.717, 1.165) is 33.4 Å². The van der Waals surface area contributed by atoms with Gasteiger partial charge in [-0.3, -0.25) is 4.79 Å². The standard InChI is InChI=1S/C24H16O3/c25-13-16-12-19-20(26)10-8-15-9-11-21(27)24(22(15)19)23(16)18-7-3-5-14-4-1-2-6-17(14)18/h1-13,23,26-27H/t23-/m1/s1. The molecular formula is C24H16O3. The fourth-order valence-corrected chi connectivity index (χ4v) is 4.25. The van der Waals surface area contributed by atoms with Crippen LogP contribution in [-0.2, 0) is 4.79 Å². The third-order valence-electron chi connectivity index (χ3n) is 5.42. The zero-order valence-electron chi connectivity index (χ0n) is 14.4. The Bertz CT molecular complexity index is 1260. The molecule has 0 amide bonds. The van der Waals surface area contributed by atoms with Gasteiger partial charge >= 0.3 is 0 Å². The number of rotatable bonds is 2. The number of carbonyl (C=O) groups is 1. The van der Waals surface area contributed by atoms with Gasteiger partial charge in [-0.1, -0.05) is 54.6 Å². The first-order valence-corrected chi connectivity index (χ1v) is 8.81. The predicted molar refractivity (Wildman–Crippen MR) is 107 cm³/mol. The molecule has 0 heterocycles. The number of allylic oxidation sites excluding steroid dienone is 1. The van der Waals surface area contributed by atoms with Crippen LogP contribution in [0.1, 0.15) is 22.6 Å². The van der Waals surface area contributed by atoms with Crippen LogP contribution < -0.4 is 0 Å². The highest BCUT2D eigenvalue weighted by molar-refractivity contribution is 6.05. The van der Waals surface area contributed by atoms with Crippen LogP contribution in [0, 0.1) is 0 Å². The summed E-state index contributed by atoms with van der Waals surface area (Å²) >= 11 is 0. The summed E-state index contributed by atoms with van der Waals surface area (Å²) < 4.78 is 0. The van der Waals surface area contributed by atoms with Crippen molar-refractivity contribution in [3.63, 3.8) is 0 Å². The second-order valence-electron chi connectivity index (χ2n) is 6.86. The van der Waals surface area contributed by atoms with Crippen LogP contribution in [0.2, 0.25) is 0 Å². The summed E-state index contributed by atoms with van der Waals surface area (Å²) in [5, 5.41) is 24.9. The highest BCUT2D eigenvalue weighted by Crippen LogP contribution is 2.49. The SMILES string of the molecule is O=CC1=Cc2c(O)ccc3ccc(O)c(c23)[C@H]1c1cccc2ccccc12. The van der Waals surface area contributed by atoms with E-state index in [2.05, 4.69) is 0 Å². The zero-order chi connectivity index (χ0) is 18.5.